The van der Waals surface area contributed by atoms with Crippen LogP contribution in [-0.2, 0) is 0 Å². The lowest BCUT2D eigenvalue weighted by Crippen LogP contribution is -2.31. The molecule has 66 valence electrons. The standard InChI is InChI=1S/C8H12N2OS/c1-3-6(2)10-8(11)7-4-9-5-12-7/h4-6H,3H2,1-2H3,(H,10,11). The quantitative estimate of drug-likeness (QED) is 0.776. The zero-order valence-electron chi connectivity index (χ0n) is 7.20. The first-order chi connectivity index (χ1) is 5.74. The van der Waals surface area contributed by atoms with Gasteiger partial charge in [-0.05, 0) is 13.3 Å². The second kappa shape index (κ2) is 4.21. The van der Waals surface area contributed by atoms with Crippen molar-refractivity contribution in [2.45, 2.75) is 26.3 Å². The lowest BCUT2D eigenvalue weighted by Gasteiger charge is -2.09. The van der Waals surface area contributed by atoms with Gasteiger partial charge in [0.1, 0.15) is 4.88 Å². The van der Waals surface area contributed by atoms with Crippen molar-refractivity contribution in [2.24, 2.45) is 0 Å². The summed E-state index contributed by atoms with van der Waals surface area (Å²) < 4.78 is 0. The summed E-state index contributed by atoms with van der Waals surface area (Å²) in [5, 5.41) is 2.86. The van der Waals surface area contributed by atoms with E-state index in [0.29, 0.717) is 4.88 Å². The summed E-state index contributed by atoms with van der Waals surface area (Å²) in [7, 11) is 0. The Bertz CT molecular complexity index is 246. The number of rotatable bonds is 3. The van der Waals surface area contributed by atoms with Crippen molar-refractivity contribution < 1.29 is 4.79 Å². The first-order valence-electron chi connectivity index (χ1n) is 3.93. The van der Waals surface area contributed by atoms with E-state index < -0.39 is 0 Å². The fourth-order valence-corrected chi connectivity index (χ4v) is 1.25. The molecule has 1 heterocycles. The molecule has 1 amide bonds. The summed E-state index contributed by atoms with van der Waals surface area (Å²) >= 11 is 1.36. The van der Waals surface area contributed by atoms with Gasteiger partial charge in [0, 0.05) is 6.04 Å². The Morgan fingerprint density at radius 1 is 1.83 bits per heavy atom. The fraction of sp³-hybridized carbons (Fsp3) is 0.500. The van der Waals surface area contributed by atoms with Crippen LogP contribution in [0.3, 0.4) is 0 Å². The van der Waals surface area contributed by atoms with Crippen molar-refractivity contribution in [3.63, 3.8) is 0 Å². The molecule has 0 aromatic carbocycles. The van der Waals surface area contributed by atoms with Gasteiger partial charge < -0.3 is 5.32 Å². The molecule has 0 radical (unpaired) electrons. The lowest BCUT2D eigenvalue weighted by atomic mass is 10.2. The molecule has 0 saturated heterocycles. The summed E-state index contributed by atoms with van der Waals surface area (Å²) in [6, 6.07) is 0.236. The molecule has 0 aliphatic carbocycles. The van der Waals surface area contributed by atoms with Gasteiger partial charge in [-0.3, -0.25) is 9.78 Å². The Morgan fingerprint density at radius 3 is 3.08 bits per heavy atom. The lowest BCUT2D eigenvalue weighted by molar-refractivity contribution is 0.0943. The highest BCUT2D eigenvalue weighted by atomic mass is 32.1. The van der Waals surface area contributed by atoms with E-state index in [1.807, 2.05) is 13.8 Å². The van der Waals surface area contributed by atoms with Crippen molar-refractivity contribution in [1.82, 2.24) is 10.3 Å². The normalized spacial score (nSPS) is 12.5. The Labute approximate surface area is 75.8 Å². The maximum atomic E-state index is 11.3. The number of carbonyl (C=O) groups excluding carboxylic acids is 1. The molecule has 3 nitrogen and oxygen atoms in total. The topological polar surface area (TPSA) is 42.0 Å². The van der Waals surface area contributed by atoms with E-state index in [-0.39, 0.29) is 11.9 Å². The number of carbonyl (C=O) groups is 1. The SMILES string of the molecule is CCC(C)NC(=O)c1cncs1. The van der Waals surface area contributed by atoms with E-state index in [1.54, 1.807) is 11.7 Å². The van der Waals surface area contributed by atoms with Gasteiger partial charge in [-0.2, -0.15) is 0 Å². The first kappa shape index (κ1) is 9.19. The summed E-state index contributed by atoms with van der Waals surface area (Å²) in [4.78, 5) is 15.8. The number of thiazole rings is 1. The van der Waals surface area contributed by atoms with Crippen LogP contribution in [0.15, 0.2) is 11.7 Å². The van der Waals surface area contributed by atoms with Gasteiger partial charge >= 0.3 is 0 Å². The molecule has 0 aliphatic heterocycles. The van der Waals surface area contributed by atoms with E-state index >= 15 is 0 Å². The van der Waals surface area contributed by atoms with Crippen LogP contribution >= 0.6 is 11.3 Å². The van der Waals surface area contributed by atoms with E-state index in [1.165, 1.54) is 11.3 Å². The molecule has 1 rings (SSSR count). The van der Waals surface area contributed by atoms with Crippen LogP contribution in [0.5, 0.6) is 0 Å². The molecule has 0 aliphatic rings. The number of nitrogens with one attached hydrogen (secondary N) is 1. The van der Waals surface area contributed by atoms with Gasteiger partial charge in [-0.1, -0.05) is 6.92 Å². The van der Waals surface area contributed by atoms with Gasteiger partial charge in [0.2, 0.25) is 0 Å². The molecule has 1 unspecified atom stereocenters. The Balaban J connectivity index is 2.50. The molecule has 1 N–H and O–H groups in total. The smallest absolute Gasteiger partial charge is 0.263 e. The monoisotopic (exact) mass is 184 g/mol. The highest BCUT2D eigenvalue weighted by Gasteiger charge is 2.08. The van der Waals surface area contributed by atoms with Crippen molar-refractivity contribution in [3.8, 4) is 0 Å². The zero-order valence-corrected chi connectivity index (χ0v) is 8.02. The summed E-state index contributed by atoms with van der Waals surface area (Å²) in [6.07, 6.45) is 2.53. The average molecular weight is 184 g/mol. The molecule has 4 heteroatoms. The molecule has 0 saturated carbocycles. The summed E-state index contributed by atoms with van der Waals surface area (Å²) in [5.41, 5.74) is 1.66. The van der Waals surface area contributed by atoms with Crippen LogP contribution < -0.4 is 5.32 Å². The van der Waals surface area contributed by atoms with E-state index in [2.05, 4.69) is 10.3 Å². The Hall–Kier alpha value is -0.900. The largest absolute Gasteiger partial charge is 0.349 e. The van der Waals surface area contributed by atoms with Crippen LogP contribution in [0.2, 0.25) is 0 Å². The molecule has 1 atom stereocenters. The second-order valence-corrected chi connectivity index (χ2v) is 3.53. The number of hydrogen-bond donors (Lipinski definition) is 1. The van der Waals surface area contributed by atoms with Crippen molar-refractivity contribution in [2.75, 3.05) is 0 Å². The molecule has 0 fully saturated rings. The molecular formula is C8H12N2OS. The van der Waals surface area contributed by atoms with Crippen molar-refractivity contribution in [3.05, 3.63) is 16.6 Å². The maximum absolute atomic E-state index is 11.3. The predicted molar refractivity (Wildman–Crippen MR) is 49.3 cm³/mol. The summed E-state index contributed by atoms with van der Waals surface area (Å²) in [5.74, 6) is -0.0214. The third-order valence-corrected chi connectivity index (χ3v) is 2.42. The van der Waals surface area contributed by atoms with Crippen molar-refractivity contribution in [1.29, 1.82) is 0 Å². The van der Waals surface area contributed by atoms with Crippen LogP contribution in [0.4, 0.5) is 0 Å². The molecule has 0 spiro atoms. The van der Waals surface area contributed by atoms with Gasteiger partial charge in [0.05, 0.1) is 11.7 Å². The highest BCUT2D eigenvalue weighted by molar-refractivity contribution is 7.11. The number of hydrogen-bond acceptors (Lipinski definition) is 3. The summed E-state index contributed by atoms with van der Waals surface area (Å²) in [6.45, 7) is 4.02. The first-order valence-corrected chi connectivity index (χ1v) is 4.81. The predicted octanol–water partition coefficient (Wildman–Crippen LogP) is 1.67. The van der Waals surface area contributed by atoms with Gasteiger partial charge in [-0.25, -0.2) is 0 Å². The molecule has 1 aromatic rings. The minimum Gasteiger partial charge on any atom is -0.349 e. The van der Waals surface area contributed by atoms with Crippen LogP contribution in [0.1, 0.15) is 29.9 Å². The third-order valence-electron chi connectivity index (χ3n) is 1.65. The number of amides is 1. The maximum Gasteiger partial charge on any atom is 0.263 e. The van der Waals surface area contributed by atoms with Crippen LogP contribution in [0.25, 0.3) is 0 Å². The zero-order chi connectivity index (χ0) is 8.97. The average Bonchev–Trinajstić information content (AvgIpc) is 2.56. The fourth-order valence-electron chi connectivity index (χ4n) is 0.725. The highest BCUT2D eigenvalue weighted by Crippen LogP contribution is 2.05. The Kier molecular flexibility index (Phi) is 3.22. The van der Waals surface area contributed by atoms with Gasteiger partial charge in [-0.15, -0.1) is 11.3 Å². The number of aromatic nitrogens is 1. The third kappa shape index (κ3) is 2.30. The second-order valence-electron chi connectivity index (χ2n) is 2.65. The van der Waals surface area contributed by atoms with E-state index in [9.17, 15) is 4.79 Å². The van der Waals surface area contributed by atoms with Crippen LogP contribution in [0, 0.1) is 0 Å². The van der Waals surface area contributed by atoms with E-state index in [0.717, 1.165) is 6.42 Å². The minimum atomic E-state index is -0.0214. The van der Waals surface area contributed by atoms with Gasteiger partial charge in [0.25, 0.3) is 5.91 Å². The molecule has 12 heavy (non-hydrogen) atoms. The minimum absolute atomic E-state index is 0.0214. The number of nitrogens with zero attached hydrogens (tertiary/aromatic N) is 1. The van der Waals surface area contributed by atoms with Crippen LogP contribution in [-0.4, -0.2) is 16.9 Å². The Morgan fingerprint density at radius 2 is 2.58 bits per heavy atom. The molecule has 0 bridgehead atoms. The molecule has 1 aromatic heterocycles. The molecular weight excluding hydrogens is 172 g/mol. The van der Waals surface area contributed by atoms with Crippen molar-refractivity contribution >= 4 is 17.2 Å². The van der Waals surface area contributed by atoms with E-state index in [4.69, 9.17) is 0 Å². The van der Waals surface area contributed by atoms with Gasteiger partial charge in [0.15, 0.2) is 0 Å².